The van der Waals surface area contributed by atoms with Gasteiger partial charge in [0.15, 0.2) is 11.5 Å². The van der Waals surface area contributed by atoms with Gasteiger partial charge in [0.25, 0.3) is 5.91 Å². The monoisotopic (exact) mass is 474 g/mol. The van der Waals surface area contributed by atoms with Gasteiger partial charge in [-0.05, 0) is 49.6 Å². The van der Waals surface area contributed by atoms with Gasteiger partial charge in [-0.3, -0.25) is 4.79 Å². The third kappa shape index (κ3) is 6.95. The molecule has 1 amide bonds. The Labute approximate surface area is 197 Å². The summed E-state index contributed by atoms with van der Waals surface area (Å²) in [5.41, 5.74) is 0.536. The highest BCUT2D eigenvalue weighted by atomic mass is 32.2. The van der Waals surface area contributed by atoms with Gasteiger partial charge in [-0.2, -0.15) is 0 Å². The number of hydrogen-bond acceptors (Lipinski definition) is 5. The Morgan fingerprint density at radius 1 is 1.03 bits per heavy atom. The second kappa shape index (κ2) is 12.0. The van der Waals surface area contributed by atoms with Crippen LogP contribution in [0.3, 0.4) is 0 Å². The molecular weight excluding hydrogens is 440 g/mol. The van der Waals surface area contributed by atoms with E-state index in [-0.39, 0.29) is 16.8 Å². The number of methoxy groups -OCH3 is 1. The van der Waals surface area contributed by atoms with Crippen LogP contribution >= 0.6 is 0 Å². The summed E-state index contributed by atoms with van der Waals surface area (Å²) in [5, 5.41) is 0. The van der Waals surface area contributed by atoms with Crippen LogP contribution in [0.1, 0.15) is 55.8 Å². The molecule has 0 saturated carbocycles. The number of nitrogens with zero attached hydrogens (tertiary/aromatic N) is 1. The SMILES string of the molecule is CCCCCCOc1ccc(C(=O)N2CCC(NS(=O)(=O)c3ccccc3)CC2)cc1OC. The van der Waals surface area contributed by atoms with E-state index < -0.39 is 10.0 Å². The number of carbonyl (C=O) groups excluding carboxylic acids is 1. The maximum absolute atomic E-state index is 13.0. The number of amides is 1. The molecule has 0 atom stereocenters. The summed E-state index contributed by atoms with van der Waals surface area (Å²) in [6, 6.07) is 13.4. The van der Waals surface area contributed by atoms with Gasteiger partial charge < -0.3 is 14.4 Å². The quantitative estimate of drug-likeness (QED) is 0.493. The molecule has 1 saturated heterocycles. The first-order valence-corrected chi connectivity index (χ1v) is 13.1. The number of piperidine rings is 1. The highest BCUT2D eigenvalue weighted by Crippen LogP contribution is 2.29. The zero-order chi connectivity index (χ0) is 23.7. The maximum atomic E-state index is 13.0. The average Bonchev–Trinajstić information content (AvgIpc) is 2.84. The Bertz CT molecular complexity index is 1000. The Balaban J connectivity index is 1.54. The van der Waals surface area contributed by atoms with Gasteiger partial charge in [-0.1, -0.05) is 44.4 Å². The van der Waals surface area contributed by atoms with Crippen LogP contribution in [0.2, 0.25) is 0 Å². The van der Waals surface area contributed by atoms with Crippen molar-refractivity contribution in [1.29, 1.82) is 0 Å². The number of rotatable bonds is 11. The molecule has 8 heteroatoms. The lowest BCUT2D eigenvalue weighted by Crippen LogP contribution is -2.46. The van der Waals surface area contributed by atoms with Crippen LogP contribution in [0.15, 0.2) is 53.4 Å². The molecule has 1 aliphatic heterocycles. The van der Waals surface area contributed by atoms with E-state index >= 15 is 0 Å². The molecule has 7 nitrogen and oxygen atoms in total. The zero-order valence-corrected chi connectivity index (χ0v) is 20.3. The van der Waals surface area contributed by atoms with Crippen molar-refractivity contribution in [2.75, 3.05) is 26.8 Å². The van der Waals surface area contributed by atoms with Gasteiger partial charge in [-0.25, -0.2) is 13.1 Å². The van der Waals surface area contributed by atoms with Crippen molar-refractivity contribution in [3.8, 4) is 11.5 Å². The third-order valence-electron chi connectivity index (χ3n) is 5.82. The van der Waals surface area contributed by atoms with Crippen LogP contribution in [0.25, 0.3) is 0 Å². The number of unbranched alkanes of at least 4 members (excludes halogenated alkanes) is 3. The van der Waals surface area contributed by atoms with Gasteiger partial charge in [0.1, 0.15) is 0 Å². The molecule has 0 spiro atoms. The molecule has 180 valence electrons. The molecule has 0 unspecified atom stereocenters. The Morgan fingerprint density at radius 2 is 1.76 bits per heavy atom. The van der Waals surface area contributed by atoms with Crippen molar-refractivity contribution in [3.63, 3.8) is 0 Å². The minimum Gasteiger partial charge on any atom is -0.493 e. The first-order chi connectivity index (χ1) is 15.9. The Morgan fingerprint density at radius 3 is 2.42 bits per heavy atom. The first-order valence-electron chi connectivity index (χ1n) is 11.6. The van der Waals surface area contributed by atoms with E-state index in [0.29, 0.717) is 49.6 Å². The second-order valence-corrected chi connectivity index (χ2v) is 9.99. The standard InChI is InChI=1S/C25H34N2O5S/c1-3-4-5-9-18-32-23-13-12-20(19-24(23)31-2)25(28)27-16-14-21(15-17-27)26-33(29,30)22-10-7-6-8-11-22/h6-8,10-13,19,21,26H,3-5,9,14-18H2,1-2H3. The summed E-state index contributed by atoms with van der Waals surface area (Å²) in [4.78, 5) is 15.0. The van der Waals surface area contributed by atoms with Crippen molar-refractivity contribution in [3.05, 3.63) is 54.1 Å². The summed E-state index contributed by atoms with van der Waals surface area (Å²) in [6.07, 6.45) is 5.61. The van der Waals surface area contributed by atoms with Crippen molar-refractivity contribution >= 4 is 15.9 Å². The molecule has 3 rings (SSSR count). The van der Waals surface area contributed by atoms with E-state index in [0.717, 1.165) is 12.8 Å². The molecule has 2 aromatic carbocycles. The molecule has 0 bridgehead atoms. The van der Waals surface area contributed by atoms with Crippen LogP contribution in [-0.2, 0) is 10.0 Å². The minimum atomic E-state index is -3.56. The minimum absolute atomic E-state index is 0.0906. The normalized spacial score (nSPS) is 14.8. The summed E-state index contributed by atoms with van der Waals surface area (Å²) < 4.78 is 39.1. The molecule has 1 heterocycles. The molecule has 33 heavy (non-hydrogen) atoms. The fourth-order valence-electron chi connectivity index (χ4n) is 3.90. The molecule has 0 radical (unpaired) electrons. The third-order valence-corrected chi connectivity index (χ3v) is 7.36. The number of ether oxygens (including phenoxy) is 2. The second-order valence-electron chi connectivity index (χ2n) is 8.28. The van der Waals surface area contributed by atoms with Gasteiger partial charge in [0, 0.05) is 24.7 Å². The van der Waals surface area contributed by atoms with Crippen molar-refractivity contribution in [1.82, 2.24) is 9.62 Å². The van der Waals surface area contributed by atoms with E-state index in [1.54, 1.807) is 60.5 Å². The summed E-state index contributed by atoms with van der Waals surface area (Å²) in [7, 11) is -1.99. The number of hydrogen-bond donors (Lipinski definition) is 1. The van der Waals surface area contributed by atoms with Crippen LogP contribution in [0, 0.1) is 0 Å². The number of carbonyl (C=O) groups is 1. The summed E-state index contributed by atoms with van der Waals surface area (Å²) in [5.74, 6) is 1.09. The number of nitrogens with one attached hydrogen (secondary N) is 1. The largest absolute Gasteiger partial charge is 0.493 e. The van der Waals surface area contributed by atoms with Gasteiger partial charge in [-0.15, -0.1) is 0 Å². The first kappa shape index (κ1) is 25.1. The van der Waals surface area contributed by atoms with Crippen molar-refractivity contribution in [2.45, 2.75) is 56.4 Å². The maximum Gasteiger partial charge on any atom is 0.253 e. The fourth-order valence-corrected chi connectivity index (χ4v) is 5.23. The number of benzene rings is 2. The lowest BCUT2D eigenvalue weighted by Gasteiger charge is -2.32. The van der Waals surface area contributed by atoms with E-state index in [9.17, 15) is 13.2 Å². The fraction of sp³-hybridized carbons (Fsp3) is 0.480. The molecule has 1 fully saturated rings. The molecule has 1 aliphatic rings. The van der Waals surface area contributed by atoms with Crippen molar-refractivity contribution < 1.29 is 22.7 Å². The molecule has 2 aromatic rings. The lowest BCUT2D eigenvalue weighted by atomic mass is 10.0. The molecule has 0 aromatic heterocycles. The van der Waals surface area contributed by atoms with E-state index in [1.165, 1.54) is 12.8 Å². The summed E-state index contributed by atoms with van der Waals surface area (Å²) in [6.45, 7) is 3.76. The van der Waals surface area contributed by atoms with Gasteiger partial charge in [0.2, 0.25) is 10.0 Å². The number of likely N-dealkylation sites (tertiary alicyclic amines) is 1. The predicted octanol–water partition coefficient (Wildman–Crippen LogP) is 4.24. The van der Waals surface area contributed by atoms with E-state index in [1.807, 2.05) is 0 Å². The van der Waals surface area contributed by atoms with Crippen LogP contribution in [0.5, 0.6) is 11.5 Å². The highest BCUT2D eigenvalue weighted by molar-refractivity contribution is 7.89. The lowest BCUT2D eigenvalue weighted by molar-refractivity contribution is 0.0711. The zero-order valence-electron chi connectivity index (χ0n) is 19.5. The van der Waals surface area contributed by atoms with E-state index in [2.05, 4.69) is 11.6 Å². The van der Waals surface area contributed by atoms with Crippen LogP contribution < -0.4 is 14.2 Å². The number of sulfonamides is 1. The average molecular weight is 475 g/mol. The molecule has 1 N–H and O–H groups in total. The summed E-state index contributed by atoms with van der Waals surface area (Å²) >= 11 is 0. The topological polar surface area (TPSA) is 84.9 Å². The van der Waals surface area contributed by atoms with Crippen LogP contribution in [0.4, 0.5) is 0 Å². The van der Waals surface area contributed by atoms with Gasteiger partial charge >= 0.3 is 0 Å². The highest BCUT2D eigenvalue weighted by Gasteiger charge is 2.27. The smallest absolute Gasteiger partial charge is 0.253 e. The predicted molar refractivity (Wildman–Crippen MR) is 128 cm³/mol. The Hall–Kier alpha value is -2.58. The Kier molecular flexibility index (Phi) is 9.14. The van der Waals surface area contributed by atoms with Gasteiger partial charge in [0.05, 0.1) is 18.6 Å². The van der Waals surface area contributed by atoms with Crippen LogP contribution in [-0.4, -0.2) is 52.1 Å². The van der Waals surface area contributed by atoms with E-state index in [4.69, 9.17) is 9.47 Å². The van der Waals surface area contributed by atoms with Crippen molar-refractivity contribution in [2.24, 2.45) is 0 Å². The molecular formula is C25H34N2O5S. The molecule has 0 aliphatic carbocycles.